The fraction of sp³-hybridized carbons (Fsp3) is 0.150. The number of carbonyl (C=O) groups is 1. The highest BCUT2D eigenvalue weighted by Crippen LogP contribution is 2.31. The second-order valence-electron chi connectivity index (χ2n) is 5.78. The Morgan fingerprint density at radius 3 is 2.54 bits per heavy atom. The lowest BCUT2D eigenvalue weighted by molar-refractivity contribution is -0.385. The Hall–Kier alpha value is -3.81. The number of non-ortho nitro benzene ring substituents is 1. The van der Waals surface area contributed by atoms with Crippen LogP contribution in [-0.2, 0) is 11.3 Å². The predicted octanol–water partition coefficient (Wildman–Crippen LogP) is 3.81. The largest absolute Gasteiger partial charge is 0.493 e. The minimum absolute atomic E-state index is 0.121. The summed E-state index contributed by atoms with van der Waals surface area (Å²) in [5.41, 5.74) is 0.525. The van der Waals surface area contributed by atoms with Gasteiger partial charge >= 0.3 is 0 Å². The molecule has 0 N–H and O–H groups in total. The third-order valence-corrected chi connectivity index (χ3v) is 3.97. The third kappa shape index (κ3) is 4.47. The van der Waals surface area contributed by atoms with E-state index < -0.39 is 4.92 Å². The van der Waals surface area contributed by atoms with Crippen molar-refractivity contribution in [3.63, 3.8) is 0 Å². The zero-order valence-electron chi connectivity index (χ0n) is 15.1. The van der Waals surface area contributed by atoms with E-state index in [1.165, 1.54) is 36.5 Å². The molecule has 0 saturated heterocycles. The minimum Gasteiger partial charge on any atom is -0.493 e. The Labute approximate surface area is 161 Å². The molecular weight excluding hydrogens is 364 g/mol. The van der Waals surface area contributed by atoms with E-state index in [2.05, 4.69) is 0 Å². The summed E-state index contributed by atoms with van der Waals surface area (Å²) in [4.78, 5) is 24.8. The molecule has 0 spiro atoms. The molecule has 1 amide bonds. The molecule has 28 heavy (non-hydrogen) atoms. The molecule has 0 aliphatic heterocycles. The monoisotopic (exact) mass is 382 g/mol. The molecule has 0 atom stereocenters. The van der Waals surface area contributed by atoms with E-state index in [0.29, 0.717) is 17.2 Å². The van der Waals surface area contributed by atoms with Gasteiger partial charge in [-0.1, -0.05) is 18.2 Å². The average Bonchev–Trinajstić information content (AvgIpc) is 3.24. The van der Waals surface area contributed by atoms with Crippen molar-refractivity contribution in [3.8, 4) is 11.5 Å². The van der Waals surface area contributed by atoms with Gasteiger partial charge in [0.2, 0.25) is 0 Å². The number of carbonyl (C=O) groups excluding carboxylic acids is 1. The highest BCUT2D eigenvalue weighted by atomic mass is 16.6. The molecule has 1 aromatic heterocycles. The molecule has 0 aliphatic carbocycles. The predicted molar refractivity (Wildman–Crippen MR) is 101 cm³/mol. The first kappa shape index (κ1) is 19.0. The van der Waals surface area contributed by atoms with Gasteiger partial charge in [0, 0.05) is 11.8 Å². The number of anilines is 1. The molecule has 2 aromatic carbocycles. The Bertz CT molecular complexity index is 941. The molecule has 1 heterocycles. The van der Waals surface area contributed by atoms with Crippen LogP contribution in [-0.4, -0.2) is 24.5 Å². The number of amides is 1. The quantitative estimate of drug-likeness (QED) is 0.434. The molecule has 0 saturated carbocycles. The number of nitro groups is 1. The zero-order chi connectivity index (χ0) is 19.9. The van der Waals surface area contributed by atoms with Crippen molar-refractivity contribution >= 4 is 17.3 Å². The smallest absolute Gasteiger partial charge is 0.273 e. The van der Waals surface area contributed by atoms with E-state index in [1.54, 1.807) is 24.3 Å². The van der Waals surface area contributed by atoms with Gasteiger partial charge in [-0.3, -0.25) is 14.9 Å². The summed E-state index contributed by atoms with van der Waals surface area (Å²) in [6.45, 7) is -0.0988. The van der Waals surface area contributed by atoms with Crippen molar-refractivity contribution in [3.05, 3.63) is 82.8 Å². The molecule has 0 fully saturated rings. The second-order valence-corrected chi connectivity index (χ2v) is 5.78. The lowest BCUT2D eigenvalue weighted by Gasteiger charge is -2.22. The third-order valence-electron chi connectivity index (χ3n) is 3.97. The molecule has 3 aromatic rings. The summed E-state index contributed by atoms with van der Waals surface area (Å²) in [5, 5.41) is 11.0. The van der Waals surface area contributed by atoms with Crippen LogP contribution in [0.3, 0.4) is 0 Å². The molecule has 0 bridgehead atoms. The number of ether oxygens (including phenoxy) is 2. The first-order valence-electron chi connectivity index (χ1n) is 8.41. The van der Waals surface area contributed by atoms with E-state index in [9.17, 15) is 14.9 Å². The van der Waals surface area contributed by atoms with Crippen molar-refractivity contribution in [2.24, 2.45) is 0 Å². The second kappa shape index (κ2) is 8.72. The number of nitrogens with zero attached hydrogens (tertiary/aromatic N) is 2. The number of para-hydroxylation sites is 1. The summed E-state index contributed by atoms with van der Waals surface area (Å²) >= 11 is 0. The molecule has 0 aliphatic rings. The molecule has 3 rings (SSSR count). The van der Waals surface area contributed by atoms with Gasteiger partial charge in [-0.05, 0) is 30.3 Å². The van der Waals surface area contributed by atoms with Gasteiger partial charge in [0.1, 0.15) is 5.76 Å². The van der Waals surface area contributed by atoms with Crippen molar-refractivity contribution in [1.82, 2.24) is 0 Å². The van der Waals surface area contributed by atoms with Crippen molar-refractivity contribution in [2.75, 3.05) is 18.6 Å². The highest BCUT2D eigenvalue weighted by Gasteiger charge is 2.20. The van der Waals surface area contributed by atoms with Crippen molar-refractivity contribution in [2.45, 2.75) is 6.54 Å². The summed E-state index contributed by atoms with van der Waals surface area (Å²) < 4.78 is 16.1. The van der Waals surface area contributed by atoms with Crippen LogP contribution in [0.15, 0.2) is 71.3 Å². The topological polar surface area (TPSA) is 95.1 Å². The number of hydrogen-bond acceptors (Lipinski definition) is 6. The van der Waals surface area contributed by atoms with Gasteiger partial charge < -0.3 is 18.8 Å². The maximum absolute atomic E-state index is 12.8. The fourth-order valence-electron chi connectivity index (χ4n) is 2.60. The number of nitro benzene ring substituents is 1. The maximum Gasteiger partial charge on any atom is 0.273 e. The Kier molecular flexibility index (Phi) is 5.91. The van der Waals surface area contributed by atoms with E-state index in [4.69, 9.17) is 13.9 Å². The van der Waals surface area contributed by atoms with Crippen LogP contribution in [0.2, 0.25) is 0 Å². The number of benzene rings is 2. The standard InChI is InChI=1S/C20H18N2O6/c1-26-18-10-9-16(22(24)25)12-19(18)28-14-20(23)21(13-17-8-5-11-27-17)15-6-3-2-4-7-15/h2-12H,13-14H2,1H3. The molecule has 8 heteroatoms. The van der Waals surface area contributed by atoms with Gasteiger partial charge in [0.25, 0.3) is 11.6 Å². The molecule has 144 valence electrons. The van der Waals surface area contributed by atoms with E-state index in [-0.39, 0.29) is 30.5 Å². The fourth-order valence-corrected chi connectivity index (χ4v) is 2.60. The molecule has 0 radical (unpaired) electrons. The highest BCUT2D eigenvalue weighted by molar-refractivity contribution is 5.94. The van der Waals surface area contributed by atoms with E-state index >= 15 is 0 Å². The number of furan rings is 1. The summed E-state index contributed by atoms with van der Waals surface area (Å²) in [6.07, 6.45) is 1.54. The average molecular weight is 382 g/mol. The van der Waals surface area contributed by atoms with Crippen LogP contribution in [0.25, 0.3) is 0 Å². The van der Waals surface area contributed by atoms with Crippen LogP contribution in [0, 0.1) is 10.1 Å². The zero-order valence-corrected chi connectivity index (χ0v) is 15.1. The van der Waals surface area contributed by atoms with Crippen LogP contribution >= 0.6 is 0 Å². The van der Waals surface area contributed by atoms with Gasteiger partial charge in [0.15, 0.2) is 18.1 Å². The Morgan fingerprint density at radius 1 is 1.11 bits per heavy atom. The van der Waals surface area contributed by atoms with Gasteiger partial charge in [-0.25, -0.2) is 0 Å². The van der Waals surface area contributed by atoms with Gasteiger partial charge in [0.05, 0.1) is 30.9 Å². The number of rotatable bonds is 8. The van der Waals surface area contributed by atoms with Crippen LogP contribution < -0.4 is 14.4 Å². The minimum atomic E-state index is -0.540. The summed E-state index contributed by atoms with van der Waals surface area (Å²) in [5.74, 6) is 0.702. The molecule has 0 unspecified atom stereocenters. The summed E-state index contributed by atoms with van der Waals surface area (Å²) in [7, 11) is 1.42. The van der Waals surface area contributed by atoms with Crippen LogP contribution in [0.5, 0.6) is 11.5 Å². The molecule has 8 nitrogen and oxygen atoms in total. The Balaban J connectivity index is 1.79. The van der Waals surface area contributed by atoms with Crippen molar-refractivity contribution in [1.29, 1.82) is 0 Å². The number of methoxy groups -OCH3 is 1. The van der Waals surface area contributed by atoms with Gasteiger partial charge in [-0.2, -0.15) is 0 Å². The van der Waals surface area contributed by atoms with Crippen molar-refractivity contribution < 1.29 is 23.6 Å². The lowest BCUT2D eigenvalue weighted by atomic mass is 10.2. The summed E-state index contributed by atoms with van der Waals surface area (Å²) in [6, 6.07) is 16.6. The molecular formula is C20H18N2O6. The van der Waals surface area contributed by atoms with E-state index in [0.717, 1.165) is 0 Å². The van der Waals surface area contributed by atoms with E-state index in [1.807, 2.05) is 18.2 Å². The maximum atomic E-state index is 12.8. The first-order valence-corrected chi connectivity index (χ1v) is 8.41. The lowest BCUT2D eigenvalue weighted by Crippen LogP contribution is -2.34. The Morgan fingerprint density at radius 2 is 1.89 bits per heavy atom. The normalized spacial score (nSPS) is 10.3. The number of hydrogen-bond donors (Lipinski definition) is 0. The van der Waals surface area contributed by atoms with Crippen LogP contribution in [0.4, 0.5) is 11.4 Å². The SMILES string of the molecule is COc1ccc([N+](=O)[O-])cc1OCC(=O)N(Cc1ccco1)c1ccccc1. The van der Waals surface area contributed by atoms with Gasteiger partial charge in [-0.15, -0.1) is 0 Å². The van der Waals surface area contributed by atoms with Crippen LogP contribution in [0.1, 0.15) is 5.76 Å². The first-order chi connectivity index (χ1) is 13.6.